The Morgan fingerprint density at radius 3 is 2.37 bits per heavy atom. The number of rotatable bonds is 8. The second-order valence-electron chi connectivity index (χ2n) is 5.96. The molecule has 0 aliphatic rings. The topological polar surface area (TPSA) is 24.5 Å². The van der Waals surface area contributed by atoms with Crippen LogP contribution >= 0.6 is 0 Å². The van der Waals surface area contributed by atoms with E-state index in [0.717, 1.165) is 31.9 Å². The van der Waals surface area contributed by atoms with Gasteiger partial charge in [-0.1, -0.05) is 32.9 Å². The van der Waals surface area contributed by atoms with E-state index < -0.39 is 0 Å². The van der Waals surface area contributed by atoms with Crippen molar-refractivity contribution in [1.82, 2.24) is 10.2 Å². The van der Waals surface area contributed by atoms with E-state index in [-0.39, 0.29) is 5.41 Å². The molecule has 0 aliphatic carbocycles. The van der Waals surface area contributed by atoms with Gasteiger partial charge in [-0.3, -0.25) is 0 Å². The molecule has 108 valence electrons. The molecule has 0 saturated carbocycles. The van der Waals surface area contributed by atoms with Crippen LogP contribution < -0.4 is 10.1 Å². The Bertz CT molecular complexity index is 360. The minimum Gasteiger partial charge on any atom is -0.497 e. The van der Waals surface area contributed by atoms with Gasteiger partial charge in [0.05, 0.1) is 7.11 Å². The predicted molar refractivity (Wildman–Crippen MR) is 81.7 cm³/mol. The van der Waals surface area contributed by atoms with Gasteiger partial charge < -0.3 is 15.0 Å². The fourth-order valence-corrected chi connectivity index (χ4v) is 2.35. The Labute approximate surface area is 118 Å². The maximum absolute atomic E-state index is 5.18. The first-order chi connectivity index (χ1) is 8.96. The molecule has 0 aliphatic heterocycles. The van der Waals surface area contributed by atoms with Gasteiger partial charge >= 0.3 is 0 Å². The maximum Gasteiger partial charge on any atom is 0.118 e. The molecule has 1 aromatic rings. The van der Waals surface area contributed by atoms with Crippen LogP contribution in [0.25, 0.3) is 0 Å². The predicted octanol–water partition coefficient (Wildman–Crippen LogP) is 2.76. The Hall–Kier alpha value is -1.06. The van der Waals surface area contributed by atoms with Gasteiger partial charge in [0, 0.05) is 19.6 Å². The zero-order chi connectivity index (χ0) is 14.3. The first-order valence-electron chi connectivity index (χ1n) is 6.99. The van der Waals surface area contributed by atoms with Gasteiger partial charge in [-0.2, -0.15) is 0 Å². The minimum absolute atomic E-state index is 0.289. The zero-order valence-electron chi connectivity index (χ0n) is 13.0. The normalized spacial score (nSPS) is 11.9. The molecule has 3 heteroatoms. The lowest BCUT2D eigenvalue weighted by molar-refractivity contribution is 0.199. The zero-order valence-corrected chi connectivity index (χ0v) is 13.0. The lowest BCUT2D eigenvalue weighted by Gasteiger charge is -2.30. The molecule has 0 aromatic heterocycles. The van der Waals surface area contributed by atoms with E-state index in [2.05, 4.69) is 50.2 Å². The SMILES string of the molecule is CCNCC(C)(C)CN(C)Cc1ccc(OC)cc1. The van der Waals surface area contributed by atoms with Crippen LogP contribution in [0.15, 0.2) is 24.3 Å². The van der Waals surface area contributed by atoms with Crippen LogP contribution in [-0.4, -0.2) is 38.7 Å². The highest BCUT2D eigenvalue weighted by molar-refractivity contribution is 5.27. The van der Waals surface area contributed by atoms with Crippen molar-refractivity contribution in [3.63, 3.8) is 0 Å². The second kappa shape index (κ2) is 7.51. The molecule has 0 radical (unpaired) electrons. The molecule has 1 N–H and O–H groups in total. The van der Waals surface area contributed by atoms with E-state index in [1.165, 1.54) is 5.56 Å². The highest BCUT2D eigenvalue weighted by atomic mass is 16.5. The molecule has 0 fully saturated rings. The highest BCUT2D eigenvalue weighted by Crippen LogP contribution is 2.17. The summed E-state index contributed by atoms with van der Waals surface area (Å²) < 4.78 is 5.18. The quantitative estimate of drug-likeness (QED) is 0.781. The average Bonchev–Trinajstić information content (AvgIpc) is 2.36. The van der Waals surface area contributed by atoms with Gasteiger partial charge in [0.25, 0.3) is 0 Å². The molecule has 0 spiro atoms. The monoisotopic (exact) mass is 264 g/mol. The number of methoxy groups -OCH3 is 1. The first kappa shape index (κ1) is 16.0. The van der Waals surface area contributed by atoms with Gasteiger partial charge in [0.2, 0.25) is 0 Å². The van der Waals surface area contributed by atoms with Crippen LogP contribution in [-0.2, 0) is 6.54 Å². The molecule has 0 amide bonds. The summed E-state index contributed by atoms with van der Waals surface area (Å²) in [7, 11) is 3.88. The molecule has 0 saturated heterocycles. The lowest BCUT2D eigenvalue weighted by atomic mass is 9.92. The van der Waals surface area contributed by atoms with Crippen LogP contribution in [0.4, 0.5) is 0 Å². The van der Waals surface area contributed by atoms with Crippen LogP contribution in [0.2, 0.25) is 0 Å². The summed E-state index contributed by atoms with van der Waals surface area (Å²) in [4.78, 5) is 2.37. The van der Waals surface area contributed by atoms with E-state index in [4.69, 9.17) is 4.74 Å². The van der Waals surface area contributed by atoms with E-state index in [1.807, 2.05) is 12.1 Å². The largest absolute Gasteiger partial charge is 0.497 e. The van der Waals surface area contributed by atoms with Crippen molar-refractivity contribution in [2.45, 2.75) is 27.3 Å². The van der Waals surface area contributed by atoms with E-state index in [0.29, 0.717) is 0 Å². The number of hydrogen-bond donors (Lipinski definition) is 1. The van der Waals surface area contributed by atoms with Gasteiger partial charge in [-0.15, -0.1) is 0 Å². The van der Waals surface area contributed by atoms with Crippen LogP contribution in [0.5, 0.6) is 5.75 Å². The second-order valence-corrected chi connectivity index (χ2v) is 5.96. The summed E-state index contributed by atoms with van der Waals surface area (Å²) >= 11 is 0. The summed E-state index contributed by atoms with van der Waals surface area (Å²) in [6, 6.07) is 8.30. The standard InChI is InChI=1S/C16H28N2O/c1-6-17-12-16(2,3)13-18(4)11-14-7-9-15(19-5)10-8-14/h7-10,17H,6,11-13H2,1-5H3. The molecule has 0 atom stereocenters. The fraction of sp³-hybridized carbons (Fsp3) is 0.625. The minimum atomic E-state index is 0.289. The van der Waals surface area contributed by atoms with Crippen LogP contribution in [0, 0.1) is 5.41 Å². The molecular weight excluding hydrogens is 236 g/mol. The molecule has 0 bridgehead atoms. The Morgan fingerprint density at radius 2 is 1.84 bits per heavy atom. The summed E-state index contributed by atoms with van der Waals surface area (Å²) in [5.74, 6) is 0.916. The third-order valence-corrected chi connectivity index (χ3v) is 3.16. The van der Waals surface area contributed by atoms with Gasteiger partial charge in [-0.05, 0) is 36.7 Å². The Kier molecular flexibility index (Phi) is 6.32. The summed E-state index contributed by atoms with van der Waals surface area (Å²) in [6.07, 6.45) is 0. The van der Waals surface area contributed by atoms with Gasteiger partial charge in [-0.25, -0.2) is 0 Å². The van der Waals surface area contributed by atoms with Crippen molar-refractivity contribution >= 4 is 0 Å². The highest BCUT2D eigenvalue weighted by Gasteiger charge is 2.19. The molecule has 1 rings (SSSR count). The van der Waals surface area contributed by atoms with E-state index in [1.54, 1.807) is 7.11 Å². The van der Waals surface area contributed by atoms with Crippen molar-refractivity contribution < 1.29 is 4.74 Å². The molecule has 0 unspecified atom stereocenters. The Balaban J connectivity index is 2.47. The molecule has 3 nitrogen and oxygen atoms in total. The first-order valence-corrected chi connectivity index (χ1v) is 6.99. The summed E-state index contributed by atoms with van der Waals surface area (Å²) in [5, 5.41) is 3.43. The number of nitrogens with zero attached hydrogens (tertiary/aromatic N) is 1. The number of ether oxygens (including phenoxy) is 1. The number of hydrogen-bond acceptors (Lipinski definition) is 3. The van der Waals surface area contributed by atoms with Crippen molar-refractivity contribution in [3.8, 4) is 5.75 Å². The van der Waals surface area contributed by atoms with Crippen molar-refractivity contribution in [2.24, 2.45) is 5.41 Å². The fourth-order valence-electron chi connectivity index (χ4n) is 2.35. The van der Waals surface area contributed by atoms with Crippen molar-refractivity contribution in [2.75, 3.05) is 33.8 Å². The molecule has 1 aromatic carbocycles. The lowest BCUT2D eigenvalue weighted by Crippen LogP contribution is -2.38. The molecule has 0 heterocycles. The van der Waals surface area contributed by atoms with Gasteiger partial charge in [0.15, 0.2) is 0 Å². The maximum atomic E-state index is 5.18. The van der Waals surface area contributed by atoms with E-state index >= 15 is 0 Å². The van der Waals surface area contributed by atoms with Gasteiger partial charge in [0.1, 0.15) is 5.75 Å². The number of benzene rings is 1. The van der Waals surface area contributed by atoms with Crippen LogP contribution in [0.1, 0.15) is 26.3 Å². The number of nitrogens with one attached hydrogen (secondary N) is 1. The Morgan fingerprint density at radius 1 is 1.21 bits per heavy atom. The van der Waals surface area contributed by atoms with Crippen molar-refractivity contribution in [3.05, 3.63) is 29.8 Å². The van der Waals surface area contributed by atoms with Crippen molar-refractivity contribution in [1.29, 1.82) is 0 Å². The summed E-state index contributed by atoms with van der Waals surface area (Å²) in [5.41, 5.74) is 1.61. The third kappa shape index (κ3) is 6.08. The smallest absolute Gasteiger partial charge is 0.118 e. The third-order valence-electron chi connectivity index (χ3n) is 3.16. The average molecular weight is 264 g/mol. The van der Waals surface area contributed by atoms with Crippen LogP contribution in [0.3, 0.4) is 0 Å². The van der Waals surface area contributed by atoms with E-state index in [9.17, 15) is 0 Å². The molecule has 19 heavy (non-hydrogen) atoms. The summed E-state index contributed by atoms with van der Waals surface area (Å²) in [6.45, 7) is 10.9. The molecular formula is C16H28N2O.